The van der Waals surface area contributed by atoms with Crippen LogP contribution in [0.5, 0.6) is 0 Å². The van der Waals surface area contributed by atoms with E-state index in [9.17, 15) is 9.59 Å². The summed E-state index contributed by atoms with van der Waals surface area (Å²) in [5.41, 5.74) is 0.625. The Morgan fingerprint density at radius 2 is 2.18 bits per heavy atom. The number of likely N-dealkylation sites (N-methyl/N-ethyl adjacent to an activating group) is 1. The Balaban J connectivity index is 2.78. The Labute approximate surface area is 65.7 Å². The van der Waals surface area contributed by atoms with Gasteiger partial charge in [-0.3, -0.25) is 9.59 Å². The highest BCUT2D eigenvalue weighted by molar-refractivity contribution is 6.06. The topological polar surface area (TPSA) is 37.4 Å². The first kappa shape index (κ1) is 7.98. The first-order chi connectivity index (χ1) is 5.04. The molecule has 0 aromatic rings. The summed E-state index contributed by atoms with van der Waals surface area (Å²) >= 11 is 0. The molecular formula is C8H11NO2. The lowest BCUT2D eigenvalue weighted by Crippen LogP contribution is -2.50. The summed E-state index contributed by atoms with van der Waals surface area (Å²) in [5, 5.41) is 0. The van der Waals surface area contributed by atoms with E-state index < -0.39 is 0 Å². The normalized spacial score (nSPS) is 27.2. The summed E-state index contributed by atoms with van der Waals surface area (Å²) in [4.78, 5) is 23.2. The van der Waals surface area contributed by atoms with Crippen LogP contribution in [0.2, 0.25) is 0 Å². The van der Waals surface area contributed by atoms with Crippen molar-refractivity contribution in [1.82, 2.24) is 4.90 Å². The van der Waals surface area contributed by atoms with Gasteiger partial charge in [-0.1, -0.05) is 0 Å². The molecule has 0 bridgehead atoms. The highest BCUT2D eigenvalue weighted by atomic mass is 16.2. The van der Waals surface area contributed by atoms with Crippen LogP contribution in [0.25, 0.3) is 0 Å². The number of nitrogens with zero attached hydrogens (tertiary/aromatic N) is 1. The minimum atomic E-state index is -0.0618. The van der Waals surface area contributed by atoms with Gasteiger partial charge in [0.05, 0.1) is 6.04 Å². The maximum absolute atomic E-state index is 11.0. The van der Waals surface area contributed by atoms with Crippen LogP contribution in [0, 0.1) is 0 Å². The van der Waals surface area contributed by atoms with Gasteiger partial charge in [0.15, 0.2) is 5.78 Å². The van der Waals surface area contributed by atoms with E-state index >= 15 is 0 Å². The molecule has 1 saturated heterocycles. The van der Waals surface area contributed by atoms with Gasteiger partial charge in [-0.25, -0.2) is 0 Å². The van der Waals surface area contributed by atoms with Crippen molar-refractivity contribution >= 4 is 11.7 Å². The van der Waals surface area contributed by atoms with Crippen molar-refractivity contribution in [3.05, 3.63) is 11.6 Å². The average Bonchev–Trinajstić information content (AvgIpc) is 1.98. The molecule has 0 spiro atoms. The Morgan fingerprint density at radius 1 is 1.64 bits per heavy atom. The molecule has 1 amide bonds. The van der Waals surface area contributed by atoms with Gasteiger partial charge in [0.25, 0.3) is 5.91 Å². The van der Waals surface area contributed by atoms with Crippen LogP contribution in [-0.4, -0.2) is 29.7 Å². The molecule has 11 heavy (non-hydrogen) atoms. The monoisotopic (exact) mass is 153 g/mol. The van der Waals surface area contributed by atoms with Crippen molar-refractivity contribution in [2.24, 2.45) is 0 Å². The minimum Gasteiger partial charge on any atom is -0.335 e. The first-order valence-electron chi connectivity index (χ1n) is 3.53. The number of carbonyl (C=O) groups is 2. The molecule has 3 heteroatoms. The molecule has 0 radical (unpaired) electrons. The molecule has 1 rings (SSSR count). The van der Waals surface area contributed by atoms with E-state index in [4.69, 9.17) is 0 Å². The van der Waals surface area contributed by atoms with Crippen molar-refractivity contribution in [3.8, 4) is 0 Å². The maximum atomic E-state index is 11.0. The van der Waals surface area contributed by atoms with Gasteiger partial charge in [-0.15, -0.1) is 0 Å². The molecular weight excluding hydrogens is 142 g/mol. The number of hydrogen-bond acceptors (Lipinski definition) is 2. The summed E-state index contributed by atoms with van der Waals surface area (Å²) < 4.78 is 0. The van der Waals surface area contributed by atoms with Crippen molar-refractivity contribution in [2.45, 2.75) is 19.9 Å². The fourth-order valence-corrected chi connectivity index (χ4v) is 1.10. The predicted molar refractivity (Wildman–Crippen MR) is 41.0 cm³/mol. The number of carbonyl (C=O) groups excluding carboxylic acids is 2. The summed E-state index contributed by atoms with van der Waals surface area (Å²) in [6.45, 7) is 3.35. The largest absolute Gasteiger partial charge is 0.335 e. The van der Waals surface area contributed by atoms with E-state index in [1.807, 2.05) is 6.92 Å². The van der Waals surface area contributed by atoms with Crippen LogP contribution in [0.1, 0.15) is 13.8 Å². The van der Waals surface area contributed by atoms with Gasteiger partial charge in [0, 0.05) is 12.6 Å². The third kappa shape index (κ3) is 1.18. The van der Waals surface area contributed by atoms with E-state index in [0.717, 1.165) is 0 Å². The standard InChI is InChI=1S/C8H11NO2/c1-5(10)4-7-6(2)9(3)8(7)11/h4,6H,1-3H3/b7-4+. The fourth-order valence-electron chi connectivity index (χ4n) is 1.10. The number of likely N-dealkylation sites (tertiary alicyclic amines) is 1. The minimum absolute atomic E-state index is 0.0345. The lowest BCUT2D eigenvalue weighted by molar-refractivity contribution is -0.134. The number of allylic oxidation sites excluding steroid dienone is 1. The van der Waals surface area contributed by atoms with Crippen molar-refractivity contribution in [1.29, 1.82) is 0 Å². The number of amides is 1. The molecule has 1 aliphatic rings. The van der Waals surface area contributed by atoms with Crippen LogP contribution >= 0.6 is 0 Å². The van der Waals surface area contributed by atoms with Gasteiger partial charge < -0.3 is 4.90 Å². The molecule has 1 fully saturated rings. The third-order valence-electron chi connectivity index (χ3n) is 1.96. The summed E-state index contributed by atoms with van der Waals surface area (Å²) in [7, 11) is 1.73. The lowest BCUT2D eigenvalue weighted by atomic mass is 9.96. The zero-order chi connectivity index (χ0) is 8.59. The Bertz CT molecular complexity index is 242. The molecule has 60 valence electrons. The third-order valence-corrected chi connectivity index (χ3v) is 1.96. The molecule has 0 aliphatic carbocycles. The van der Waals surface area contributed by atoms with Crippen molar-refractivity contribution in [2.75, 3.05) is 7.05 Å². The number of ketones is 1. The highest BCUT2D eigenvalue weighted by Crippen LogP contribution is 2.22. The Kier molecular flexibility index (Phi) is 1.81. The zero-order valence-electron chi connectivity index (χ0n) is 6.92. The van der Waals surface area contributed by atoms with Gasteiger partial charge in [0.2, 0.25) is 0 Å². The quantitative estimate of drug-likeness (QED) is 0.403. The first-order valence-corrected chi connectivity index (χ1v) is 3.53. The van der Waals surface area contributed by atoms with Crippen LogP contribution in [-0.2, 0) is 9.59 Å². The maximum Gasteiger partial charge on any atom is 0.252 e. The number of β-lactam (4-membered cyclic amide) rings is 1. The number of rotatable bonds is 1. The molecule has 1 atom stereocenters. The average molecular weight is 153 g/mol. The van der Waals surface area contributed by atoms with Crippen LogP contribution in [0.3, 0.4) is 0 Å². The van der Waals surface area contributed by atoms with E-state index in [2.05, 4.69) is 0 Å². The highest BCUT2D eigenvalue weighted by Gasteiger charge is 2.35. The Morgan fingerprint density at radius 3 is 2.55 bits per heavy atom. The molecule has 0 N–H and O–H groups in total. The van der Waals surface area contributed by atoms with Crippen LogP contribution in [0.15, 0.2) is 11.6 Å². The van der Waals surface area contributed by atoms with Crippen LogP contribution < -0.4 is 0 Å². The van der Waals surface area contributed by atoms with Gasteiger partial charge in [-0.2, -0.15) is 0 Å². The van der Waals surface area contributed by atoms with E-state index in [1.54, 1.807) is 11.9 Å². The van der Waals surface area contributed by atoms with Crippen molar-refractivity contribution in [3.63, 3.8) is 0 Å². The van der Waals surface area contributed by atoms with Gasteiger partial charge in [0.1, 0.15) is 0 Å². The number of hydrogen-bond donors (Lipinski definition) is 0. The lowest BCUT2D eigenvalue weighted by Gasteiger charge is -2.37. The molecule has 1 aliphatic heterocycles. The molecule has 0 saturated carbocycles. The Hall–Kier alpha value is -1.12. The van der Waals surface area contributed by atoms with E-state index in [-0.39, 0.29) is 17.7 Å². The fraction of sp³-hybridized carbons (Fsp3) is 0.500. The summed E-state index contributed by atoms with van der Waals surface area (Å²) in [6.07, 6.45) is 1.41. The second-order valence-electron chi connectivity index (χ2n) is 2.80. The summed E-state index contributed by atoms with van der Waals surface area (Å²) in [5.74, 6) is -0.0963. The molecule has 1 heterocycles. The van der Waals surface area contributed by atoms with Gasteiger partial charge in [-0.05, 0) is 19.9 Å². The zero-order valence-corrected chi connectivity index (χ0v) is 6.92. The second-order valence-corrected chi connectivity index (χ2v) is 2.80. The molecule has 0 aromatic carbocycles. The SMILES string of the molecule is CC(=O)/C=C1/C(=O)N(C)C1C. The molecule has 3 nitrogen and oxygen atoms in total. The van der Waals surface area contributed by atoms with Gasteiger partial charge >= 0.3 is 0 Å². The van der Waals surface area contributed by atoms with Crippen LogP contribution in [0.4, 0.5) is 0 Å². The predicted octanol–water partition coefficient (Wildman–Crippen LogP) is 0.362. The van der Waals surface area contributed by atoms with E-state index in [0.29, 0.717) is 5.57 Å². The summed E-state index contributed by atoms with van der Waals surface area (Å²) in [6, 6.07) is 0.103. The smallest absolute Gasteiger partial charge is 0.252 e. The van der Waals surface area contributed by atoms with Crippen molar-refractivity contribution < 1.29 is 9.59 Å². The second kappa shape index (κ2) is 2.49. The van der Waals surface area contributed by atoms with E-state index in [1.165, 1.54) is 13.0 Å². The molecule has 1 unspecified atom stereocenters. The molecule has 0 aromatic heterocycles.